The van der Waals surface area contributed by atoms with Crippen LogP contribution in [0.1, 0.15) is 32.3 Å². The van der Waals surface area contributed by atoms with E-state index in [2.05, 4.69) is 15.0 Å². The summed E-state index contributed by atoms with van der Waals surface area (Å²) in [6.45, 7) is 4.99. The Morgan fingerprint density at radius 3 is 2.81 bits per heavy atom. The lowest BCUT2D eigenvalue weighted by Gasteiger charge is -2.37. The van der Waals surface area contributed by atoms with Crippen LogP contribution in [0.25, 0.3) is 32.9 Å². The van der Waals surface area contributed by atoms with Gasteiger partial charge < -0.3 is 15.1 Å². The van der Waals surface area contributed by atoms with Crippen LogP contribution in [0.5, 0.6) is 5.75 Å². The minimum absolute atomic E-state index is 0.0565. The molecule has 2 aromatic heterocycles. The van der Waals surface area contributed by atoms with Gasteiger partial charge in [0.25, 0.3) is 0 Å². The number of halogens is 1. The van der Waals surface area contributed by atoms with Crippen molar-refractivity contribution in [1.29, 1.82) is 0 Å². The molecule has 0 saturated carbocycles. The highest BCUT2D eigenvalue weighted by molar-refractivity contribution is 6.01. The Morgan fingerprint density at radius 1 is 1.19 bits per heavy atom. The predicted molar refractivity (Wildman–Crippen MR) is 123 cm³/mol. The Bertz CT molecular complexity index is 1340. The lowest BCUT2D eigenvalue weighted by atomic mass is 9.94. The average Bonchev–Trinajstić information content (AvgIpc) is 2.77. The summed E-state index contributed by atoms with van der Waals surface area (Å²) in [7, 11) is 0. The van der Waals surface area contributed by atoms with Crippen LogP contribution < -0.4 is 4.90 Å². The van der Waals surface area contributed by atoms with E-state index in [4.69, 9.17) is 0 Å². The molecule has 3 heterocycles. The molecule has 7 heteroatoms. The number of phenolic OH excluding ortho intramolecular Hbond substituents is 1. The van der Waals surface area contributed by atoms with Gasteiger partial charge in [0.1, 0.15) is 29.1 Å². The van der Waals surface area contributed by atoms with E-state index in [0.717, 1.165) is 35.7 Å². The zero-order chi connectivity index (χ0) is 22.5. The maximum absolute atomic E-state index is 15.8. The number of benzene rings is 2. The minimum Gasteiger partial charge on any atom is -0.508 e. The fourth-order valence-electron chi connectivity index (χ4n) is 4.79. The summed E-state index contributed by atoms with van der Waals surface area (Å²) >= 11 is 0. The number of piperidine rings is 1. The van der Waals surface area contributed by atoms with Crippen LogP contribution in [-0.2, 0) is 6.42 Å². The smallest absolute Gasteiger partial charge is 0.175 e. The van der Waals surface area contributed by atoms with Crippen molar-refractivity contribution in [1.82, 2.24) is 15.0 Å². The Labute approximate surface area is 185 Å². The molecule has 32 heavy (non-hydrogen) atoms. The van der Waals surface area contributed by atoms with Gasteiger partial charge in [0, 0.05) is 24.8 Å². The van der Waals surface area contributed by atoms with Crippen molar-refractivity contribution < 1.29 is 14.6 Å². The number of phenols is 1. The Hall–Kier alpha value is -3.32. The quantitative estimate of drug-likeness (QED) is 0.492. The second-order valence-electron chi connectivity index (χ2n) is 8.76. The number of hydrogen-bond acceptors (Lipinski definition) is 6. The number of β-amino-alcohol motifs (C(OH)–C–C–N with tert-alkyl or cyclic N) is 1. The molecule has 0 bridgehead atoms. The Morgan fingerprint density at radius 2 is 2.03 bits per heavy atom. The summed E-state index contributed by atoms with van der Waals surface area (Å²) < 4.78 is 15.8. The first-order valence-corrected chi connectivity index (χ1v) is 10.9. The fraction of sp³-hybridized carbons (Fsp3) is 0.320. The molecule has 1 aliphatic rings. The number of rotatable bonds is 3. The van der Waals surface area contributed by atoms with E-state index < -0.39 is 11.4 Å². The molecule has 0 aliphatic carbocycles. The summed E-state index contributed by atoms with van der Waals surface area (Å²) in [5.41, 5.74) is 1.10. The number of aromatic hydroxyl groups is 1. The van der Waals surface area contributed by atoms with E-state index in [1.54, 1.807) is 25.3 Å². The highest BCUT2D eigenvalue weighted by atomic mass is 19.1. The number of pyridine rings is 1. The van der Waals surface area contributed by atoms with Crippen LogP contribution in [0, 0.1) is 5.82 Å². The van der Waals surface area contributed by atoms with Crippen molar-refractivity contribution in [2.75, 3.05) is 18.0 Å². The number of anilines is 1. The first-order chi connectivity index (χ1) is 15.4. The first kappa shape index (κ1) is 20.6. The molecule has 0 radical (unpaired) electrons. The monoisotopic (exact) mass is 432 g/mol. The van der Waals surface area contributed by atoms with Gasteiger partial charge in [-0.05, 0) is 54.7 Å². The average molecular weight is 432 g/mol. The number of aromatic nitrogens is 3. The molecule has 164 valence electrons. The molecule has 2 N–H and O–H groups in total. The first-order valence-electron chi connectivity index (χ1n) is 10.9. The van der Waals surface area contributed by atoms with Crippen molar-refractivity contribution >= 4 is 27.5 Å². The van der Waals surface area contributed by atoms with E-state index >= 15 is 4.39 Å². The third-order valence-electron chi connectivity index (χ3n) is 6.26. The molecule has 0 amide bonds. The largest absolute Gasteiger partial charge is 0.508 e. The molecule has 0 spiro atoms. The summed E-state index contributed by atoms with van der Waals surface area (Å²) in [6.07, 6.45) is 5.25. The summed E-state index contributed by atoms with van der Waals surface area (Å²) in [5, 5.41) is 23.0. The molecule has 1 saturated heterocycles. The predicted octanol–water partition coefficient (Wildman–Crippen LogP) is 4.60. The van der Waals surface area contributed by atoms with Crippen LogP contribution in [0.3, 0.4) is 0 Å². The van der Waals surface area contributed by atoms with Crippen molar-refractivity contribution in [3.05, 3.63) is 54.2 Å². The zero-order valence-electron chi connectivity index (χ0n) is 18.1. The van der Waals surface area contributed by atoms with Gasteiger partial charge in [-0.2, -0.15) is 0 Å². The zero-order valence-corrected chi connectivity index (χ0v) is 18.1. The van der Waals surface area contributed by atoms with Gasteiger partial charge >= 0.3 is 0 Å². The molecular weight excluding hydrogens is 407 g/mol. The molecule has 1 atom stereocenters. The Balaban J connectivity index is 1.71. The van der Waals surface area contributed by atoms with Gasteiger partial charge in [0.15, 0.2) is 5.82 Å². The summed E-state index contributed by atoms with van der Waals surface area (Å²) in [4.78, 5) is 15.1. The van der Waals surface area contributed by atoms with Crippen molar-refractivity contribution in [3.63, 3.8) is 0 Å². The Kier molecular flexibility index (Phi) is 4.93. The third-order valence-corrected chi connectivity index (χ3v) is 6.26. The molecule has 1 aliphatic heterocycles. The number of aryl methyl sites for hydroxylation is 1. The topological polar surface area (TPSA) is 82.4 Å². The van der Waals surface area contributed by atoms with Crippen molar-refractivity contribution in [3.8, 4) is 17.0 Å². The summed E-state index contributed by atoms with van der Waals surface area (Å²) in [5.74, 6) is 0.0802. The molecule has 4 aromatic rings. The van der Waals surface area contributed by atoms with E-state index in [1.807, 2.05) is 30.0 Å². The van der Waals surface area contributed by atoms with Crippen LogP contribution in [0.4, 0.5) is 10.2 Å². The van der Waals surface area contributed by atoms with Crippen molar-refractivity contribution in [2.24, 2.45) is 0 Å². The number of aliphatic hydroxyl groups is 1. The van der Waals surface area contributed by atoms with Crippen LogP contribution in [0.15, 0.2) is 42.9 Å². The highest BCUT2D eigenvalue weighted by Crippen LogP contribution is 2.38. The molecule has 5 rings (SSSR count). The minimum atomic E-state index is -0.821. The van der Waals surface area contributed by atoms with Crippen LogP contribution in [-0.4, -0.2) is 43.9 Å². The second kappa shape index (κ2) is 7.67. The van der Waals surface area contributed by atoms with Gasteiger partial charge in [-0.15, -0.1) is 0 Å². The standard InChI is InChI=1S/C25H25FN4O2/c1-3-15-6-4-7-16-10-17(31)11-18(20(15)16)22-21(26)23-19(12-27-22)24(29-14-28-23)30-9-5-8-25(2,32)13-30/h4,6-7,10-12,14,31-32H,3,5,8-9,13H2,1-2H3. The third kappa shape index (κ3) is 3.42. The van der Waals surface area contributed by atoms with Gasteiger partial charge in [0.05, 0.1) is 11.0 Å². The molecule has 1 fully saturated rings. The number of nitrogens with zero attached hydrogens (tertiary/aromatic N) is 4. The van der Waals surface area contributed by atoms with Crippen LogP contribution in [0.2, 0.25) is 0 Å². The number of fused-ring (bicyclic) bond motifs is 2. The van der Waals surface area contributed by atoms with Gasteiger partial charge in [-0.3, -0.25) is 4.98 Å². The van der Waals surface area contributed by atoms with E-state index in [-0.39, 0.29) is 17.0 Å². The molecule has 6 nitrogen and oxygen atoms in total. The fourth-order valence-corrected chi connectivity index (χ4v) is 4.79. The van der Waals surface area contributed by atoms with Crippen molar-refractivity contribution in [2.45, 2.75) is 38.7 Å². The molecule has 1 unspecified atom stereocenters. The second-order valence-corrected chi connectivity index (χ2v) is 8.76. The SMILES string of the molecule is CCc1cccc2cc(O)cc(-c3ncc4c(N5CCCC(C)(O)C5)ncnc4c3F)c12. The van der Waals surface area contributed by atoms with Gasteiger partial charge in [0.2, 0.25) is 0 Å². The lowest BCUT2D eigenvalue weighted by Crippen LogP contribution is -2.46. The normalized spacial score (nSPS) is 19.1. The van der Waals surface area contributed by atoms with E-state index in [1.165, 1.54) is 6.33 Å². The summed E-state index contributed by atoms with van der Waals surface area (Å²) in [6, 6.07) is 9.08. The maximum Gasteiger partial charge on any atom is 0.175 e. The molecular formula is C25H25FN4O2. The number of hydrogen-bond donors (Lipinski definition) is 2. The lowest BCUT2D eigenvalue weighted by molar-refractivity contribution is 0.0448. The van der Waals surface area contributed by atoms with E-state index in [9.17, 15) is 10.2 Å². The van der Waals surface area contributed by atoms with E-state index in [0.29, 0.717) is 29.7 Å². The maximum atomic E-state index is 15.8. The van der Waals surface area contributed by atoms with Gasteiger partial charge in [-0.1, -0.05) is 25.1 Å². The molecule has 2 aromatic carbocycles. The highest BCUT2D eigenvalue weighted by Gasteiger charge is 2.30. The van der Waals surface area contributed by atoms with Crippen LogP contribution >= 0.6 is 0 Å². The van der Waals surface area contributed by atoms with Gasteiger partial charge in [-0.25, -0.2) is 14.4 Å².